The van der Waals surface area contributed by atoms with Crippen molar-refractivity contribution in [3.8, 4) is 5.75 Å². The molecule has 0 bridgehead atoms. The minimum Gasteiger partial charge on any atom is -0.494 e. The fraction of sp³-hybridized carbons (Fsp3) is 0.200. The van der Waals surface area contributed by atoms with Crippen molar-refractivity contribution in [2.24, 2.45) is 0 Å². The summed E-state index contributed by atoms with van der Waals surface area (Å²) in [6.07, 6.45) is 0. The minimum absolute atomic E-state index is 0.0514. The average Bonchev–Trinajstić information content (AvgIpc) is 3.07. The second-order valence-electron chi connectivity index (χ2n) is 4.99. The van der Waals surface area contributed by atoms with Gasteiger partial charge in [-0.3, -0.25) is 19.7 Å². The highest BCUT2D eigenvalue weighted by atomic mass is 32.1. The number of methoxy groups -OCH3 is 1. The molecule has 0 aliphatic rings. The lowest BCUT2D eigenvalue weighted by Crippen LogP contribution is -2.21. The Labute approximate surface area is 156 Å². The van der Waals surface area contributed by atoms with Gasteiger partial charge in [-0.1, -0.05) is 0 Å². The van der Waals surface area contributed by atoms with Crippen LogP contribution in [0.2, 0.25) is 0 Å². The molecule has 27 heavy (non-hydrogen) atoms. The number of nitrogens with one attached hydrogen (secondary N) is 2. The van der Waals surface area contributed by atoms with Gasteiger partial charge in [0.25, 0.3) is 11.6 Å². The fourth-order valence-electron chi connectivity index (χ4n) is 1.86. The maximum absolute atomic E-state index is 11.9. The number of nitro benzene ring substituents is 1. The number of thiazole rings is 1. The first-order chi connectivity index (χ1) is 12.8. The van der Waals surface area contributed by atoms with E-state index in [-0.39, 0.29) is 33.9 Å². The van der Waals surface area contributed by atoms with Crippen LogP contribution in [0.3, 0.4) is 0 Å². The normalized spacial score (nSPS) is 10.0. The van der Waals surface area contributed by atoms with E-state index >= 15 is 0 Å². The number of hydrogen-bond acceptors (Lipinski definition) is 9. The third kappa shape index (κ3) is 5.47. The average molecular weight is 394 g/mol. The molecule has 12 heteroatoms. The third-order valence-corrected chi connectivity index (χ3v) is 3.76. The number of non-ortho nitro benzene ring substituents is 1. The topological polar surface area (TPSA) is 150 Å². The molecule has 0 aliphatic carbocycles. The summed E-state index contributed by atoms with van der Waals surface area (Å²) in [6, 6.07) is 3.65. The summed E-state index contributed by atoms with van der Waals surface area (Å²) >= 11 is 1.04. The Morgan fingerprint density at radius 1 is 1.30 bits per heavy atom. The molecule has 2 aromatic rings. The second kappa shape index (κ2) is 8.71. The SMILES string of the molecule is COc1cc([N+](=O)[O-])ccc1NC(=O)COC(=O)c1csc(NC(C)=O)n1. The highest BCUT2D eigenvalue weighted by Gasteiger charge is 2.17. The number of aromatic nitrogens is 1. The molecule has 1 aromatic carbocycles. The van der Waals surface area contributed by atoms with Crippen molar-refractivity contribution in [2.75, 3.05) is 24.4 Å². The molecule has 0 saturated carbocycles. The van der Waals surface area contributed by atoms with Gasteiger partial charge in [-0.2, -0.15) is 0 Å². The van der Waals surface area contributed by atoms with E-state index in [1.54, 1.807) is 0 Å². The Hall–Kier alpha value is -3.54. The predicted octanol–water partition coefficient (Wildman–Crippen LogP) is 1.81. The largest absolute Gasteiger partial charge is 0.494 e. The molecule has 142 valence electrons. The number of carbonyl (C=O) groups excluding carboxylic acids is 3. The molecule has 0 aliphatic heterocycles. The van der Waals surface area contributed by atoms with Gasteiger partial charge >= 0.3 is 5.97 Å². The lowest BCUT2D eigenvalue weighted by atomic mass is 10.2. The van der Waals surface area contributed by atoms with E-state index in [0.717, 1.165) is 17.4 Å². The number of nitrogens with zero attached hydrogens (tertiary/aromatic N) is 2. The number of esters is 1. The predicted molar refractivity (Wildman–Crippen MR) is 95.0 cm³/mol. The summed E-state index contributed by atoms with van der Waals surface area (Å²) in [5.74, 6) is -1.76. The number of rotatable bonds is 7. The summed E-state index contributed by atoms with van der Waals surface area (Å²) in [5.41, 5.74) is -0.0648. The zero-order valence-corrected chi connectivity index (χ0v) is 15.0. The summed E-state index contributed by atoms with van der Waals surface area (Å²) in [7, 11) is 1.30. The zero-order valence-electron chi connectivity index (χ0n) is 14.2. The van der Waals surface area contributed by atoms with E-state index in [9.17, 15) is 24.5 Å². The Balaban J connectivity index is 1.94. The fourth-order valence-corrected chi connectivity index (χ4v) is 2.59. The lowest BCUT2D eigenvalue weighted by Gasteiger charge is -2.10. The van der Waals surface area contributed by atoms with Crippen molar-refractivity contribution in [2.45, 2.75) is 6.92 Å². The number of hydrogen-bond donors (Lipinski definition) is 2. The van der Waals surface area contributed by atoms with E-state index < -0.39 is 23.4 Å². The highest BCUT2D eigenvalue weighted by molar-refractivity contribution is 7.14. The van der Waals surface area contributed by atoms with E-state index in [1.165, 1.54) is 31.5 Å². The number of nitro groups is 1. The number of anilines is 2. The van der Waals surface area contributed by atoms with Gasteiger partial charge in [-0.25, -0.2) is 9.78 Å². The molecule has 2 amide bonds. The molecule has 0 unspecified atom stereocenters. The van der Waals surface area contributed by atoms with Crippen LogP contribution in [-0.2, 0) is 14.3 Å². The first kappa shape index (κ1) is 19.8. The van der Waals surface area contributed by atoms with Gasteiger partial charge in [0.1, 0.15) is 5.75 Å². The van der Waals surface area contributed by atoms with E-state index in [2.05, 4.69) is 15.6 Å². The molecule has 1 aromatic heterocycles. The van der Waals surface area contributed by atoms with Gasteiger partial charge in [0.2, 0.25) is 5.91 Å². The first-order valence-corrected chi connectivity index (χ1v) is 8.20. The van der Waals surface area contributed by atoms with Crippen molar-refractivity contribution in [1.82, 2.24) is 4.98 Å². The lowest BCUT2D eigenvalue weighted by molar-refractivity contribution is -0.384. The molecule has 2 N–H and O–H groups in total. The third-order valence-electron chi connectivity index (χ3n) is 3.00. The van der Waals surface area contributed by atoms with Crippen molar-refractivity contribution in [1.29, 1.82) is 0 Å². The molecule has 1 heterocycles. The first-order valence-electron chi connectivity index (χ1n) is 7.32. The van der Waals surface area contributed by atoms with Crippen LogP contribution in [0.5, 0.6) is 5.75 Å². The summed E-state index contributed by atoms with van der Waals surface area (Å²) in [5, 5.41) is 17.2. The number of amides is 2. The van der Waals surface area contributed by atoms with Crippen LogP contribution < -0.4 is 15.4 Å². The van der Waals surface area contributed by atoms with Crippen molar-refractivity contribution < 1.29 is 28.8 Å². The molecule has 0 atom stereocenters. The maximum Gasteiger partial charge on any atom is 0.358 e. The van der Waals surface area contributed by atoms with Gasteiger partial charge in [0, 0.05) is 18.4 Å². The van der Waals surface area contributed by atoms with Crippen LogP contribution in [0.15, 0.2) is 23.6 Å². The monoisotopic (exact) mass is 394 g/mol. The zero-order chi connectivity index (χ0) is 20.0. The quantitative estimate of drug-likeness (QED) is 0.410. The Bertz CT molecular complexity index is 896. The molecule has 0 fully saturated rings. The minimum atomic E-state index is -0.839. The van der Waals surface area contributed by atoms with Crippen LogP contribution in [0.4, 0.5) is 16.5 Å². The molecular formula is C15H14N4O7S. The van der Waals surface area contributed by atoms with Gasteiger partial charge in [-0.05, 0) is 6.07 Å². The Morgan fingerprint density at radius 3 is 2.67 bits per heavy atom. The molecule has 11 nitrogen and oxygen atoms in total. The van der Waals surface area contributed by atoms with Crippen LogP contribution in [-0.4, -0.2) is 41.4 Å². The van der Waals surface area contributed by atoms with Crippen molar-refractivity contribution in [3.63, 3.8) is 0 Å². The van der Waals surface area contributed by atoms with Crippen LogP contribution in [0.1, 0.15) is 17.4 Å². The number of carbonyl (C=O) groups is 3. The molecular weight excluding hydrogens is 380 g/mol. The van der Waals surface area contributed by atoms with E-state index in [4.69, 9.17) is 9.47 Å². The molecule has 0 spiro atoms. The van der Waals surface area contributed by atoms with Crippen LogP contribution >= 0.6 is 11.3 Å². The van der Waals surface area contributed by atoms with E-state index in [1.807, 2.05) is 0 Å². The van der Waals surface area contributed by atoms with Gasteiger partial charge in [0.15, 0.2) is 17.4 Å². The van der Waals surface area contributed by atoms with Gasteiger partial charge in [0.05, 0.1) is 23.8 Å². The Kier molecular flexibility index (Phi) is 6.38. The summed E-state index contributed by atoms with van der Waals surface area (Å²) < 4.78 is 9.84. The highest BCUT2D eigenvalue weighted by Crippen LogP contribution is 2.28. The standard InChI is InChI=1S/C15H14N4O7S/c1-8(20)16-15-18-11(7-27-15)14(22)26-6-13(21)17-10-4-3-9(19(23)24)5-12(10)25-2/h3-5,7H,6H2,1-2H3,(H,17,21)(H,16,18,20). The Morgan fingerprint density at radius 2 is 2.04 bits per heavy atom. The number of ether oxygens (including phenoxy) is 2. The van der Waals surface area contributed by atoms with Crippen LogP contribution in [0, 0.1) is 10.1 Å². The van der Waals surface area contributed by atoms with Gasteiger partial charge in [-0.15, -0.1) is 11.3 Å². The summed E-state index contributed by atoms with van der Waals surface area (Å²) in [6.45, 7) is 0.697. The summed E-state index contributed by atoms with van der Waals surface area (Å²) in [4.78, 5) is 48.8. The molecule has 0 saturated heterocycles. The van der Waals surface area contributed by atoms with Crippen molar-refractivity contribution >= 4 is 45.6 Å². The van der Waals surface area contributed by atoms with Gasteiger partial charge < -0.3 is 20.1 Å². The second-order valence-corrected chi connectivity index (χ2v) is 5.84. The molecule has 2 rings (SSSR count). The van der Waals surface area contributed by atoms with E-state index in [0.29, 0.717) is 0 Å². The number of benzene rings is 1. The maximum atomic E-state index is 11.9. The van der Waals surface area contributed by atoms with Crippen molar-refractivity contribution in [3.05, 3.63) is 39.4 Å². The molecule has 0 radical (unpaired) electrons. The van der Waals surface area contributed by atoms with Crippen LogP contribution in [0.25, 0.3) is 0 Å². The smallest absolute Gasteiger partial charge is 0.358 e.